The van der Waals surface area contributed by atoms with E-state index >= 15 is 0 Å². The fraction of sp³-hybridized carbons (Fsp3) is 0.625. The van der Waals surface area contributed by atoms with Crippen molar-refractivity contribution in [1.82, 2.24) is 9.78 Å². The fourth-order valence-electron chi connectivity index (χ4n) is 0.917. The van der Waals surface area contributed by atoms with Gasteiger partial charge in [0.25, 0.3) is 0 Å². The van der Waals surface area contributed by atoms with Gasteiger partial charge in [0.15, 0.2) is 5.75 Å². The SMILES string of the molecule is COCCOc1cnn(CCN)c1. The van der Waals surface area contributed by atoms with Gasteiger partial charge in [0.05, 0.1) is 25.5 Å². The Hall–Kier alpha value is -1.07. The standard InChI is InChI=1S/C8H15N3O2/c1-12-4-5-13-8-6-10-11(7-8)3-2-9/h6-7H,2-5,9H2,1H3. The van der Waals surface area contributed by atoms with Crippen molar-refractivity contribution in [2.45, 2.75) is 6.54 Å². The van der Waals surface area contributed by atoms with E-state index in [1.54, 1.807) is 18.0 Å². The van der Waals surface area contributed by atoms with Crippen LogP contribution in [0.2, 0.25) is 0 Å². The Morgan fingerprint density at radius 2 is 2.38 bits per heavy atom. The van der Waals surface area contributed by atoms with Crippen LogP contribution in [0.3, 0.4) is 0 Å². The monoisotopic (exact) mass is 185 g/mol. The van der Waals surface area contributed by atoms with Crippen molar-refractivity contribution >= 4 is 0 Å². The van der Waals surface area contributed by atoms with Gasteiger partial charge < -0.3 is 15.2 Å². The first-order valence-corrected chi connectivity index (χ1v) is 4.21. The maximum Gasteiger partial charge on any atom is 0.157 e. The smallest absolute Gasteiger partial charge is 0.157 e. The van der Waals surface area contributed by atoms with Gasteiger partial charge in [-0.1, -0.05) is 0 Å². The fourth-order valence-corrected chi connectivity index (χ4v) is 0.917. The van der Waals surface area contributed by atoms with Crippen LogP contribution in [0.1, 0.15) is 0 Å². The van der Waals surface area contributed by atoms with Crippen molar-refractivity contribution in [1.29, 1.82) is 0 Å². The van der Waals surface area contributed by atoms with Gasteiger partial charge in [-0.25, -0.2) is 0 Å². The van der Waals surface area contributed by atoms with Crippen molar-refractivity contribution in [3.05, 3.63) is 12.4 Å². The molecule has 0 bridgehead atoms. The highest BCUT2D eigenvalue weighted by molar-refractivity contribution is 5.11. The predicted molar refractivity (Wildman–Crippen MR) is 48.7 cm³/mol. The third-order valence-electron chi connectivity index (χ3n) is 1.52. The molecule has 0 saturated heterocycles. The van der Waals surface area contributed by atoms with E-state index in [-0.39, 0.29) is 0 Å². The molecule has 5 nitrogen and oxygen atoms in total. The number of hydrogen-bond acceptors (Lipinski definition) is 4. The second kappa shape index (κ2) is 5.55. The van der Waals surface area contributed by atoms with Crippen LogP contribution in [0, 0.1) is 0 Å². The molecule has 1 heterocycles. The molecule has 0 atom stereocenters. The second-order valence-electron chi connectivity index (χ2n) is 2.57. The van der Waals surface area contributed by atoms with E-state index in [2.05, 4.69) is 5.10 Å². The summed E-state index contributed by atoms with van der Waals surface area (Å²) in [5, 5.41) is 4.06. The van der Waals surface area contributed by atoms with E-state index < -0.39 is 0 Å². The molecule has 0 fully saturated rings. The third kappa shape index (κ3) is 3.43. The molecule has 1 rings (SSSR count). The molecule has 0 amide bonds. The lowest BCUT2D eigenvalue weighted by molar-refractivity contribution is 0.146. The maximum atomic E-state index is 5.37. The van der Waals surface area contributed by atoms with Crippen LogP contribution >= 0.6 is 0 Å². The van der Waals surface area contributed by atoms with E-state index in [1.165, 1.54) is 0 Å². The Balaban J connectivity index is 2.31. The largest absolute Gasteiger partial charge is 0.488 e. The van der Waals surface area contributed by atoms with Gasteiger partial charge in [-0.2, -0.15) is 5.10 Å². The molecule has 13 heavy (non-hydrogen) atoms. The number of ether oxygens (including phenoxy) is 2. The van der Waals surface area contributed by atoms with Crippen molar-refractivity contribution < 1.29 is 9.47 Å². The Kier molecular flexibility index (Phi) is 4.28. The highest BCUT2D eigenvalue weighted by atomic mass is 16.5. The van der Waals surface area contributed by atoms with Crippen LogP contribution in [0.25, 0.3) is 0 Å². The number of hydrogen-bond donors (Lipinski definition) is 1. The molecule has 1 aromatic heterocycles. The Labute approximate surface area is 77.4 Å². The average molecular weight is 185 g/mol. The topological polar surface area (TPSA) is 62.3 Å². The van der Waals surface area contributed by atoms with Gasteiger partial charge in [0.1, 0.15) is 6.61 Å². The quantitative estimate of drug-likeness (QED) is 0.627. The first-order valence-electron chi connectivity index (χ1n) is 4.21. The van der Waals surface area contributed by atoms with E-state index in [1.807, 2.05) is 6.20 Å². The molecule has 74 valence electrons. The molecule has 0 aliphatic rings. The molecular weight excluding hydrogens is 170 g/mol. The van der Waals surface area contributed by atoms with Gasteiger partial charge >= 0.3 is 0 Å². The minimum absolute atomic E-state index is 0.546. The summed E-state index contributed by atoms with van der Waals surface area (Å²) >= 11 is 0. The molecular formula is C8H15N3O2. The van der Waals surface area contributed by atoms with Crippen LogP contribution in [-0.2, 0) is 11.3 Å². The molecule has 0 spiro atoms. The molecule has 0 unspecified atom stereocenters. The van der Waals surface area contributed by atoms with Crippen molar-refractivity contribution in [3.63, 3.8) is 0 Å². The second-order valence-corrected chi connectivity index (χ2v) is 2.57. The van der Waals surface area contributed by atoms with E-state index in [0.29, 0.717) is 26.3 Å². The van der Waals surface area contributed by atoms with Crippen molar-refractivity contribution in [3.8, 4) is 5.75 Å². The van der Waals surface area contributed by atoms with Gasteiger partial charge in [-0.15, -0.1) is 0 Å². The minimum Gasteiger partial charge on any atom is -0.488 e. The highest BCUT2D eigenvalue weighted by Gasteiger charge is 1.97. The zero-order valence-electron chi connectivity index (χ0n) is 7.77. The summed E-state index contributed by atoms with van der Waals surface area (Å²) in [6, 6.07) is 0. The lowest BCUT2D eigenvalue weighted by Gasteiger charge is -2.00. The average Bonchev–Trinajstić information content (AvgIpc) is 2.54. The molecule has 2 N–H and O–H groups in total. The van der Waals surface area contributed by atoms with Gasteiger partial charge in [-0.3, -0.25) is 4.68 Å². The van der Waals surface area contributed by atoms with Gasteiger partial charge in [-0.05, 0) is 0 Å². The lowest BCUT2D eigenvalue weighted by atomic mass is 10.6. The maximum absolute atomic E-state index is 5.37. The summed E-state index contributed by atoms with van der Waals surface area (Å²) in [6.07, 6.45) is 3.49. The molecule has 1 aromatic rings. The molecule has 0 aliphatic carbocycles. The van der Waals surface area contributed by atoms with Crippen molar-refractivity contribution in [2.75, 3.05) is 26.9 Å². The summed E-state index contributed by atoms with van der Waals surface area (Å²) in [7, 11) is 1.64. The lowest BCUT2D eigenvalue weighted by Crippen LogP contribution is -2.09. The van der Waals surface area contributed by atoms with Gasteiger partial charge in [0, 0.05) is 13.7 Å². The van der Waals surface area contributed by atoms with Crippen molar-refractivity contribution in [2.24, 2.45) is 5.73 Å². The Morgan fingerprint density at radius 1 is 1.54 bits per heavy atom. The molecule has 0 aromatic carbocycles. The van der Waals surface area contributed by atoms with E-state index in [0.717, 1.165) is 5.75 Å². The number of aromatic nitrogens is 2. The van der Waals surface area contributed by atoms with Crippen LogP contribution < -0.4 is 10.5 Å². The molecule has 5 heteroatoms. The summed E-state index contributed by atoms with van der Waals surface area (Å²) in [5.41, 5.74) is 5.37. The highest BCUT2D eigenvalue weighted by Crippen LogP contribution is 2.07. The Morgan fingerprint density at radius 3 is 3.08 bits per heavy atom. The molecule has 0 saturated carbocycles. The van der Waals surface area contributed by atoms with Crippen LogP contribution in [0.5, 0.6) is 5.75 Å². The Bertz CT molecular complexity index is 237. The zero-order chi connectivity index (χ0) is 9.52. The summed E-state index contributed by atoms with van der Waals surface area (Å²) in [6.45, 7) is 2.43. The van der Waals surface area contributed by atoms with Crippen LogP contribution in [-0.4, -0.2) is 36.6 Å². The predicted octanol–water partition coefficient (Wildman–Crippen LogP) is -0.133. The normalized spacial score (nSPS) is 10.3. The van der Waals surface area contributed by atoms with Crippen LogP contribution in [0.4, 0.5) is 0 Å². The molecule has 0 radical (unpaired) electrons. The minimum atomic E-state index is 0.546. The summed E-state index contributed by atoms with van der Waals surface area (Å²) < 4.78 is 11.9. The van der Waals surface area contributed by atoms with Crippen LogP contribution in [0.15, 0.2) is 12.4 Å². The summed E-state index contributed by atoms with van der Waals surface area (Å²) in [4.78, 5) is 0. The third-order valence-corrected chi connectivity index (χ3v) is 1.52. The van der Waals surface area contributed by atoms with E-state index in [4.69, 9.17) is 15.2 Å². The van der Waals surface area contributed by atoms with E-state index in [9.17, 15) is 0 Å². The zero-order valence-corrected chi connectivity index (χ0v) is 7.77. The first-order chi connectivity index (χ1) is 6.36. The van der Waals surface area contributed by atoms with Gasteiger partial charge in [0.2, 0.25) is 0 Å². The number of rotatable bonds is 6. The first kappa shape index (κ1) is 10.0. The summed E-state index contributed by atoms with van der Waals surface area (Å²) in [5.74, 6) is 0.755. The number of nitrogens with zero attached hydrogens (tertiary/aromatic N) is 2. The number of methoxy groups -OCH3 is 1. The molecule has 0 aliphatic heterocycles. The number of nitrogens with two attached hydrogens (primary N) is 1.